The number of aromatic nitrogens is 3. The predicted octanol–water partition coefficient (Wildman–Crippen LogP) is 4.02. The molecule has 0 aliphatic rings. The lowest BCUT2D eigenvalue weighted by molar-refractivity contribution is -0.158. The van der Waals surface area contributed by atoms with Crippen LogP contribution in [0.25, 0.3) is 21.3 Å². The summed E-state index contributed by atoms with van der Waals surface area (Å²) >= 11 is 1.33. The molecule has 10 heteroatoms. The number of carbonyl (C=O) groups excluding carboxylic acids is 1. The van der Waals surface area contributed by atoms with Crippen molar-refractivity contribution in [1.82, 2.24) is 14.5 Å². The van der Waals surface area contributed by atoms with Crippen molar-refractivity contribution in [3.63, 3.8) is 0 Å². The van der Waals surface area contributed by atoms with Gasteiger partial charge in [0.25, 0.3) is 0 Å². The number of benzene rings is 2. The van der Waals surface area contributed by atoms with Gasteiger partial charge in [0.2, 0.25) is 5.91 Å². The molecule has 0 bridgehead atoms. The Morgan fingerprint density at radius 3 is 2.79 bits per heavy atom. The van der Waals surface area contributed by atoms with Crippen LogP contribution in [0.2, 0.25) is 0 Å². The molecule has 144 valence electrons. The Kier molecular flexibility index (Phi) is 4.15. The highest BCUT2D eigenvalue weighted by Crippen LogP contribution is 2.36. The second-order valence-electron chi connectivity index (χ2n) is 6.26. The molecule has 28 heavy (non-hydrogen) atoms. The van der Waals surface area contributed by atoms with Gasteiger partial charge in [-0.2, -0.15) is 8.78 Å². The van der Waals surface area contributed by atoms with Gasteiger partial charge >= 0.3 is 6.11 Å². The standard InChI is InChI=1S/C18H15F2N5O2S/c1-18(19,20)27-12-5-3-9(16(21)26)7-10(12)23-17-24-15-13(28-17)6-4-11-14(15)22-8-25(11)2/h3-8H,1-2H3,(H2,21,26)(H,23,24). The van der Waals surface area contributed by atoms with Crippen LogP contribution in [0, 0.1) is 0 Å². The van der Waals surface area contributed by atoms with Crippen LogP contribution < -0.4 is 15.8 Å². The van der Waals surface area contributed by atoms with Crippen molar-refractivity contribution in [2.75, 3.05) is 5.32 Å². The molecule has 0 atom stereocenters. The normalized spacial score (nSPS) is 11.9. The molecule has 0 aliphatic heterocycles. The number of thiazole rings is 1. The van der Waals surface area contributed by atoms with Crippen LogP contribution >= 0.6 is 11.3 Å². The minimum atomic E-state index is -3.39. The van der Waals surface area contributed by atoms with Crippen LogP contribution in [0.3, 0.4) is 0 Å². The zero-order valence-corrected chi connectivity index (χ0v) is 15.7. The maximum absolute atomic E-state index is 13.4. The lowest BCUT2D eigenvalue weighted by Crippen LogP contribution is -2.20. The number of aryl methyl sites for hydroxylation is 1. The third kappa shape index (κ3) is 3.33. The van der Waals surface area contributed by atoms with Crippen LogP contribution in [0.1, 0.15) is 17.3 Å². The Hall–Kier alpha value is -3.27. The maximum atomic E-state index is 13.4. The van der Waals surface area contributed by atoms with Gasteiger partial charge in [0.1, 0.15) is 16.8 Å². The molecule has 0 unspecified atom stereocenters. The number of nitrogens with two attached hydrogens (primary N) is 1. The highest BCUT2D eigenvalue weighted by molar-refractivity contribution is 7.22. The van der Waals surface area contributed by atoms with E-state index in [0.29, 0.717) is 17.6 Å². The molecular formula is C18H15F2N5O2S. The average Bonchev–Trinajstić information content (AvgIpc) is 3.18. The monoisotopic (exact) mass is 403 g/mol. The molecule has 4 rings (SSSR count). The number of amides is 1. The average molecular weight is 403 g/mol. The van der Waals surface area contributed by atoms with Crippen molar-refractivity contribution in [3.05, 3.63) is 42.2 Å². The zero-order valence-electron chi connectivity index (χ0n) is 14.9. The molecule has 2 aromatic carbocycles. The van der Waals surface area contributed by atoms with Gasteiger partial charge < -0.3 is 20.4 Å². The van der Waals surface area contributed by atoms with E-state index in [0.717, 1.165) is 15.7 Å². The van der Waals surface area contributed by atoms with E-state index in [4.69, 9.17) is 10.5 Å². The van der Waals surface area contributed by atoms with Crippen molar-refractivity contribution < 1.29 is 18.3 Å². The lowest BCUT2D eigenvalue weighted by atomic mass is 10.2. The summed E-state index contributed by atoms with van der Waals surface area (Å²) in [6.45, 7) is 0.633. The summed E-state index contributed by atoms with van der Waals surface area (Å²) in [6.07, 6.45) is -1.69. The number of imidazole rings is 1. The number of halogens is 2. The van der Waals surface area contributed by atoms with E-state index >= 15 is 0 Å². The highest BCUT2D eigenvalue weighted by Gasteiger charge is 2.25. The molecule has 3 N–H and O–H groups in total. The Labute approximate surface area is 161 Å². The zero-order chi connectivity index (χ0) is 20.1. The van der Waals surface area contributed by atoms with Gasteiger partial charge in [-0.25, -0.2) is 9.97 Å². The van der Waals surface area contributed by atoms with Crippen LogP contribution in [-0.4, -0.2) is 26.6 Å². The molecule has 0 spiro atoms. The van der Waals surface area contributed by atoms with E-state index < -0.39 is 12.0 Å². The van der Waals surface area contributed by atoms with E-state index in [-0.39, 0.29) is 17.0 Å². The van der Waals surface area contributed by atoms with E-state index in [9.17, 15) is 13.6 Å². The Morgan fingerprint density at radius 1 is 1.29 bits per heavy atom. The minimum absolute atomic E-state index is 0.125. The molecule has 2 aromatic heterocycles. The molecule has 0 radical (unpaired) electrons. The maximum Gasteiger partial charge on any atom is 0.394 e. The van der Waals surface area contributed by atoms with Crippen molar-refractivity contribution in [1.29, 1.82) is 0 Å². The first-order valence-electron chi connectivity index (χ1n) is 8.19. The number of fused-ring (bicyclic) bond motifs is 3. The first-order chi connectivity index (χ1) is 13.2. The van der Waals surface area contributed by atoms with Gasteiger partial charge in [0.15, 0.2) is 5.13 Å². The van der Waals surface area contributed by atoms with E-state index in [2.05, 4.69) is 15.3 Å². The van der Waals surface area contributed by atoms with Crippen LogP contribution in [0.4, 0.5) is 19.6 Å². The molecular weight excluding hydrogens is 388 g/mol. The minimum Gasteiger partial charge on any atom is -0.431 e. The lowest BCUT2D eigenvalue weighted by Gasteiger charge is -2.17. The van der Waals surface area contributed by atoms with Crippen LogP contribution in [0.15, 0.2) is 36.7 Å². The molecule has 0 saturated carbocycles. The molecule has 0 fully saturated rings. The molecule has 0 aliphatic carbocycles. The topological polar surface area (TPSA) is 95.1 Å². The van der Waals surface area contributed by atoms with Gasteiger partial charge in [-0.15, -0.1) is 0 Å². The summed E-state index contributed by atoms with van der Waals surface area (Å²) in [6, 6.07) is 7.80. The first-order valence-corrected chi connectivity index (χ1v) is 9.01. The Morgan fingerprint density at radius 2 is 2.07 bits per heavy atom. The number of rotatable bonds is 5. The van der Waals surface area contributed by atoms with Gasteiger partial charge in [0, 0.05) is 19.5 Å². The quantitative estimate of drug-likeness (QED) is 0.525. The number of nitrogens with one attached hydrogen (secondary N) is 1. The van der Waals surface area contributed by atoms with E-state index in [1.54, 1.807) is 6.33 Å². The number of carbonyl (C=O) groups is 1. The van der Waals surface area contributed by atoms with Crippen LogP contribution in [0.5, 0.6) is 5.75 Å². The number of hydrogen-bond acceptors (Lipinski definition) is 6. The summed E-state index contributed by atoms with van der Waals surface area (Å²) in [5, 5.41) is 3.40. The van der Waals surface area contributed by atoms with Gasteiger partial charge in [-0.3, -0.25) is 4.79 Å². The summed E-state index contributed by atoms with van der Waals surface area (Å²) in [4.78, 5) is 20.4. The fraction of sp³-hybridized carbons (Fsp3) is 0.167. The molecule has 7 nitrogen and oxygen atoms in total. The number of hydrogen-bond donors (Lipinski definition) is 2. The number of ether oxygens (including phenoxy) is 1. The molecule has 4 aromatic rings. The number of anilines is 2. The summed E-state index contributed by atoms with van der Waals surface area (Å²) in [5.74, 6) is -0.808. The van der Waals surface area contributed by atoms with Crippen molar-refractivity contribution in [2.24, 2.45) is 12.8 Å². The third-order valence-corrected chi connectivity index (χ3v) is 4.98. The third-order valence-electron chi connectivity index (χ3n) is 4.05. The van der Waals surface area contributed by atoms with Crippen molar-refractivity contribution >= 4 is 49.3 Å². The fourth-order valence-corrected chi connectivity index (χ4v) is 3.70. The highest BCUT2D eigenvalue weighted by atomic mass is 32.1. The smallest absolute Gasteiger partial charge is 0.394 e. The number of nitrogens with zero attached hydrogens (tertiary/aromatic N) is 3. The second-order valence-corrected chi connectivity index (χ2v) is 7.30. The SMILES string of the molecule is Cn1cnc2c3nc(Nc4cc(C(N)=O)ccc4OC(C)(F)F)sc3ccc21. The number of primary amides is 1. The molecule has 2 heterocycles. The van der Waals surface area contributed by atoms with E-state index in [1.165, 1.54) is 29.5 Å². The Bertz CT molecular complexity index is 1210. The first kappa shape index (κ1) is 18.1. The van der Waals surface area contributed by atoms with Crippen molar-refractivity contribution in [3.8, 4) is 5.75 Å². The van der Waals surface area contributed by atoms with Gasteiger partial charge in [-0.05, 0) is 30.3 Å². The van der Waals surface area contributed by atoms with E-state index in [1.807, 2.05) is 23.7 Å². The molecule has 1 amide bonds. The van der Waals surface area contributed by atoms with Gasteiger partial charge in [-0.1, -0.05) is 11.3 Å². The summed E-state index contributed by atoms with van der Waals surface area (Å²) < 4.78 is 34.2. The summed E-state index contributed by atoms with van der Waals surface area (Å²) in [5.41, 5.74) is 7.98. The van der Waals surface area contributed by atoms with Crippen molar-refractivity contribution in [2.45, 2.75) is 13.0 Å². The van der Waals surface area contributed by atoms with Crippen LogP contribution in [-0.2, 0) is 7.05 Å². The largest absolute Gasteiger partial charge is 0.431 e. The summed E-state index contributed by atoms with van der Waals surface area (Å²) in [7, 11) is 1.89. The molecule has 0 saturated heterocycles. The second kappa shape index (κ2) is 6.41. The van der Waals surface area contributed by atoms with Gasteiger partial charge in [0.05, 0.1) is 22.2 Å². The fourth-order valence-electron chi connectivity index (χ4n) is 2.82. The predicted molar refractivity (Wildman–Crippen MR) is 103 cm³/mol. The number of alkyl halides is 2. The Balaban J connectivity index is 1.78.